The third-order valence-electron chi connectivity index (χ3n) is 5.58. The summed E-state index contributed by atoms with van der Waals surface area (Å²) in [5.41, 5.74) is 6.27. The Labute approximate surface area is 183 Å². The Hall–Kier alpha value is -2.93. The second-order valence-electron chi connectivity index (χ2n) is 7.88. The van der Waals surface area contributed by atoms with Crippen molar-refractivity contribution in [3.8, 4) is 5.75 Å². The van der Waals surface area contributed by atoms with Crippen molar-refractivity contribution >= 4 is 17.3 Å². The van der Waals surface area contributed by atoms with E-state index in [1.165, 1.54) is 6.07 Å². The van der Waals surface area contributed by atoms with E-state index >= 15 is 0 Å². The number of carbonyl (C=O) groups excluding carboxylic acids is 1. The number of hydrazone groups is 1. The van der Waals surface area contributed by atoms with Crippen molar-refractivity contribution in [1.82, 2.24) is 10.3 Å². The molecule has 0 bridgehead atoms. The van der Waals surface area contributed by atoms with Crippen LogP contribution >= 0.6 is 0 Å². The number of nitrogens with zero attached hydrogens (tertiary/aromatic N) is 3. The molecule has 1 aliphatic rings. The van der Waals surface area contributed by atoms with Crippen LogP contribution in [0.3, 0.4) is 0 Å². The molecule has 166 valence electrons. The van der Waals surface area contributed by atoms with E-state index in [1.54, 1.807) is 13.0 Å². The number of aryl methyl sites for hydroxylation is 2. The van der Waals surface area contributed by atoms with E-state index in [9.17, 15) is 9.18 Å². The molecule has 2 aromatic rings. The number of likely N-dealkylation sites (N-methyl/N-ethyl adjacent to an activating group) is 1. The zero-order chi connectivity index (χ0) is 22.4. The summed E-state index contributed by atoms with van der Waals surface area (Å²) in [6.45, 7) is 12.2. The smallest absolute Gasteiger partial charge is 0.277 e. The topological polar surface area (TPSA) is 57.2 Å². The second-order valence-corrected chi connectivity index (χ2v) is 7.88. The fraction of sp³-hybridized carbons (Fsp3) is 0.417. The normalized spacial score (nSPS) is 15.1. The fourth-order valence-corrected chi connectivity index (χ4v) is 3.54. The van der Waals surface area contributed by atoms with Gasteiger partial charge in [0.1, 0.15) is 11.6 Å². The predicted molar refractivity (Wildman–Crippen MR) is 122 cm³/mol. The Balaban J connectivity index is 1.56. The quantitative estimate of drug-likeness (QED) is 0.544. The van der Waals surface area contributed by atoms with Gasteiger partial charge < -0.3 is 14.5 Å². The van der Waals surface area contributed by atoms with Crippen LogP contribution < -0.4 is 15.1 Å². The molecule has 1 saturated heterocycles. The summed E-state index contributed by atoms with van der Waals surface area (Å²) in [4.78, 5) is 16.5. The minimum absolute atomic E-state index is 0.141. The van der Waals surface area contributed by atoms with Gasteiger partial charge in [-0.25, -0.2) is 9.82 Å². The zero-order valence-corrected chi connectivity index (χ0v) is 18.7. The number of halogens is 1. The van der Waals surface area contributed by atoms with E-state index in [0.717, 1.165) is 43.9 Å². The molecule has 1 aliphatic heterocycles. The van der Waals surface area contributed by atoms with E-state index in [2.05, 4.69) is 27.3 Å². The number of amides is 1. The van der Waals surface area contributed by atoms with Crippen molar-refractivity contribution in [2.24, 2.45) is 5.10 Å². The lowest BCUT2D eigenvalue weighted by Gasteiger charge is -2.35. The summed E-state index contributed by atoms with van der Waals surface area (Å²) < 4.78 is 20.3. The van der Waals surface area contributed by atoms with Gasteiger partial charge in [-0.3, -0.25) is 4.79 Å². The average Bonchev–Trinajstić information content (AvgIpc) is 2.78. The minimum atomic E-state index is -0.369. The highest BCUT2D eigenvalue weighted by atomic mass is 19.1. The van der Waals surface area contributed by atoms with Gasteiger partial charge in [0.25, 0.3) is 5.91 Å². The van der Waals surface area contributed by atoms with Crippen molar-refractivity contribution < 1.29 is 13.9 Å². The van der Waals surface area contributed by atoms with Crippen molar-refractivity contribution in [3.63, 3.8) is 0 Å². The molecule has 6 nitrogen and oxygen atoms in total. The van der Waals surface area contributed by atoms with Gasteiger partial charge in [-0.2, -0.15) is 5.10 Å². The van der Waals surface area contributed by atoms with Crippen LogP contribution in [-0.2, 0) is 4.79 Å². The Morgan fingerprint density at radius 2 is 1.87 bits per heavy atom. The molecule has 1 amide bonds. The maximum Gasteiger partial charge on any atom is 0.277 e. The Bertz CT molecular complexity index is 953. The van der Waals surface area contributed by atoms with Crippen molar-refractivity contribution in [2.75, 3.05) is 44.2 Å². The monoisotopic (exact) mass is 426 g/mol. The summed E-state index contributed by atoms with van der Waals surface area (Å²) in [5, 5.41) is 4.10. The predicted octanol–water partition coefficient (Wildman–Crippen LogP) is 3.50. The maximum atomic E-state index is 14.7. The van der Waals surface area contributed by atoms with E-state index in [4.69, 9.17) is 4.74 Å². The van der Waals surface area contributed by atoms with Gasteiger partial charge in [-0.1, -0.05) is 25.1 Å². The highest BCUT2D eigenvalue weighted by molar-refractivity contribution is 5.99. The van der Waals surface area contributed by atoms with Crippen molar-refractivity contribution in [2.45, 2.75) is 27.7 Å². The van der Waals surface area contributed by atoms with Crippen LogP contribution in [0.5, 0.6) is 5.75 Å². The molecule has 7 heteroatoms. The number of hydrogen-bond donors (Lipinski definition) is 1. The molecule has 0 atom stereocenters. The first kappa shape index (κ1) is 22.7. The third kappa shape index (κ3) is 6.04. The van der Waals surface area contributed by atoms with Crippen molar-refractivity contribution in [3.05, 3.63) is 58.9 Å². The van der Waals surface area contributed by atoms with Crippen LogP contribution in [0, 0.1) is 19.7 Å². The number of piperazine rings is 1. The maximum absolute atomic E-state index is 14.7. The lowest BCUT2D eigenvalue weighted by atomic mass is 10.1. The zero-order valence-electron chi connectivity index (χ0n) is 18.7. The Morgan fingerprint density at radius 1 is 1.13 bits per heavy atom. The van der Waals surface area contributed by atoms with Crippen LogP contribution in [0.4, 0.5) is 10.1 Å². The van der Waals surface area contributed by atoms with E-state index in [0.29, 0.717) is 22.7 Å². The van der Waals surface area contributed by atoms with Gasteiger partial charge in [0, 0.05) is 31.7 Å². The summed E-state index contributed by atoms with van der Waals surface area (Å²) >= 11 is 0. The van der Waals surface area contributed by atoms with Gasteiger partial charge >= 0.3 is 0 Å². The number of benzene rings is 2. The lowest BCUT2D eigenvalue weighted by Crippen LogP contribution is -2.46. The molecule has 0 spiro atoms. The number of nitrogens with one attached hydrogen (secondary N) is 1. The first-order valence-corrected chi connectivity index (χ1v) is 10.7. The summed E-state index contributed by atoms with van der Waals surface area (Å²) in [5.74, 6) is 0.0287. The molecule has 0 aliphatic carbocycles. The van der Waals surface area contributed by atoms with Gasteiger partial charge in [-0.05, 0) is 56.6 Å². The molecule has 3 rings (SSSR count). The second kappa shape index (κ2) is 10.4. The molecule has 31 heavy (non-hydrogen) atoms. The third-order valence-corrected chi connectivity index (χ3v) is 5.58. The average molecular weight is 427 g/mol. The van der Waals surface area contributed by atoms with Gasteiger partial charge in [0.2, 0.25) is 0 Å². The first-order chi connectivity index (χ1) is 14.9. The van der Waals surface area contributed by atoms with Crippen LogP contribution in [0.15, 0.2) is 41.5 Å². The molecule has 1 N–H and O–H groups in total. The summed E-state index contributed by atoms with van der Waals surface area (Å²) in [7, 11) is 0. The van der Waals surface area contributed by atoms with Crippen LogP contribution in [0.2, 0.25) is 0 Å². The Morgan fingerprint density at radius 3 is 2.55 bits per heavy atom. The molecular weight excluding hydrogens is 395 g/mol. The number of ether oxygens (including phenoxy) is 1. The molecule has 0 saturated carbocycles. The summed E-state index contributed by atoms with van der Waals surface area (Å²) in [6.07, 6.45) is 0. The standard InChI is InChI=1S/C24H31FN4O2/c1-5-28-10-12-29(13-11-28)22-9-8-20(15-21(22)25)19(4)26-27-24(30)16-31-23-14-17(2)6-7-18(23)3/h6-9,14-15H,5,10-13,16H2,1-4H3,(H,27,30)/b26-19-. The van der Waals surface area contributed by atoms with Crippen LogP contribution in [-0.4, -0.2) is 55.8 Å². The highest BCUT2D eigenvalue weighted by Crippen LogP contribution is 2.22. The molecule has 1 fully saturated rings. The molecule has 2 aromatic carbocycles. The Kier molecular flexibility index (Phi) is 7.63. The van der Waals surface area contributed by atoms with Gasteiger partial charge in [-0.15, -0.1) is 0 Å². The SMILES string of the molecule is CCN1CCN(c2ccc(/C(C)=N\NC(=O)COc3cc(C)ccc3C)cc2F)CC1. The highest BCUT2D eigenvalue weighted by Gasteiger charge is 2.19. The van der Waals surface area contributed by atoms with Crippen molar-refractivity contribution in [1.29, 1.82) is 0 Å². The first-order valence-electron chi connectivity index (χ1n) is 10.7. The molecule has 1 heterocycles. The molecule has 0 aromatic heterocycles. The van der Waals surface area contributed by atoms with Crippen LogP contribution in [0.1, 0.15) is 30.5 Å². The largest absolute Gasteiger partial charge is 0.483 e. The minimum Gasteiger partial charge on any atom is -0.483 e. The lowest BCUT2D eigenvalue weighted by molar-refractivity contribution is -0.123. The van der Waals surface area contributed by atoms with E-state index in [1.807, 2.05) is 38.1 Å². The molecular formula is C24H31FN4O2. The molecule has 0 radical (unpaired) electrons. The van der Waals surface area contributed by atoms with E-state index in [-0.39, 0.29) is 18.3 Å². The number of rotatable bonds is 7. The number of carbonyl (C=O) groups is 1. The van der Waals surface area contributed by atoms with Crippen LogP contribution in [0.25, 0.3) is 0 Å². The number of anilines is 1. The fourth-order valence-electron chi connectivity index (χ4n) is 3.54. The molecule has 0 unspecified atom stereocenters. The van der Waals surface area contributed by atoms with E-state index < -0.39 is 0 Å². The van der Waals surface area contributed by atoms with Gasteiger partial charge in [0.15, 0.2) is 6.61 Å². The number of hydrogen-bond acceptors (Lipinski definition) is 5. The summed E-state index contributed by atoms with van der Waals surface area (Å²) in [6, 6.07) is 10.9. The van der Waals surface area contributed by atoms with Gasteiger partial charge in [0.05, 0.1) is 11.4 Å².